The predicted octanol–water partition coefficient (Wildman–Crippen LogP) is 1.96. The van der Waals surface area contributed by atoms with Gasteiger partial charge in [0.25, 0.3) is 0 Å². The largest absolute Gasteiger partial charge is 0.383 e. The minimum absolute atomic E-state index is 0.0245. The number of hydrogen-bond acceptors (Lipinski definition) is 2. The van der Waals surface area contributed by atoms with E-state index in [4.69, 9.17) is 11.6 Å². The summed E-state index contributed by atoms with van der Waals surface area (Å²) in [5.41, 5.74) is -0.667. The summed E-state index contributed by atoms with van der Waals surface area (Å²) in [6.45, 7) is 0. The molecule has 1 aromatic carbocycles. The number of alkyl halides is 1. The average molecular weight is 231 g/mol. The van der Waals surface area contributed by atoms with E-state index in [1.165, 1.54) is 0 Å². The highest BCUT2D eigenvalue weighted by Crippen LogP contribution is 2.27. The normalized spacial score (nSPS) is 14.8. The van der Waals surface area contributed by atoms with Gasteiger partial charge < -0.3 is 5.11 Å². The number of rotatable bonds is 4. The predicted molar refractivity (Wildman–Crippen MR) is 59.7 cm³/mol. The summed E-state index contributed by atoms with van der Waals surface area (Å²) in [5, 5.41) is 9.68. The Kier molecular flexibility index (Phi) is 3.98. The summed E-state index contributed by atoms with van der Waals surface area (Å²) >= 11 is 9.29. The number of thiol groups is 1. The van der Waals surface area contributed by atoms with Crippen molar-refractivity contribution in [3.63, 3.8) is 0 Å². The highest BCUT2D eigenvalue weighted by Gasteiger charge is 2.29. The van der Waals surface area contributed by atoms with Crippen LogP contribution in [0, 0.1) is 0 Å². The molecule has 0 heterocycles. The quantitative estimate of drug-likeness (QED) is 0.613. The average Bonchev–Trinajstić information content (AvgIpc) is 2.18. The monoisotopic (exact) mass is 230 g/mol. The molecule has 0 aliphatic rings. The van der Waals surface area contributed by atoms with E-state index in [-0.39, 0.29) is 17.4 Å². The van der Waals surface area contributed by atoms with Crippen molar-refractivity contribution in [3.05, 3.63) is 35.9 Å². The Morgan fingerprint density at radius 1 is 1.43 bits per heavy atom. The minimum atomic E-state index is -1.30. The standard InChI is InChI=1S/C10H11ClO2S/c11-7-10(13,6-9(12)14)8-4-2-1-3-5-8/h1-5,13H,6-7H2,(H,12,14). The summed E-state index contributed by atoms with van der Waals surface area (Å²) in [6, 6.07) is 8.88. The molecule has 0 saturated heterocycles. The van der Waals surface area contributed by atoms with E-state index in [1.54, 1.807) is 24.3 Å². The van der Waals surface area contributed by atoms with Crippen LogP contribution in [0.3, 0.4) is 0 Å². The van der Waals surface area contributed by atoms with E-state index in [9.17, 15) is 9.90 Å². The molecule has 2 nitrogen and oxygen atoms in total. The summed E-state index contributed by atoms with van der Waals surface area (Å²) in [7, 11) is 0. The van der Waals surface area contributed by atoms with Crippen LogP contribution in [0.15, 0.2) is 30.3 Å². The second-order valence-electron chi connectivity index (χ2n) is 3.10. The lowest BCUT2D eigenvalue weighted by atomic mass is 9.93. The smallest absolute Gasteiger partial charge is 0.189 e. The lowest BCUT2D eigenvalue weighted by Gasteiger charge is -2.24. The highest BCUT2D eigenvalue weighted by molar-refractivity contribution is 7.96. The van der Waals surface area contributed by atoms with Crippen molar-refractivity contribution in [2.75, 3.05) is 5.88 Å². The van der Waals surface area contributed by atoms with Crippen molar-refractivity contribution in [1.29, 1.82) is 0 Å². The SMILES string of the molecule is O=C(S)CC(O)(CCl)c1ccccc1. The zero-order valence-corrected chi connectivity index (χ0v) is 9.13. The van der Waals surface area contributed by atoms with Crippen molar-refractivity contribution in [2.24, 2.45) is 0 Å². The molecule has 1 atom stereocenters. The Morgan fingerprint density at radius 2 is 2.00 bits per heavy atom. The Balaban J connectivity index is 2.95. The topological polar surface area (TPSA) is 37.3 Å². The first-order valence-corrected chi connectivity index (χ1v) is 5.12. The van der Waals surface area contributed by atoms with Gasteiger partial charge in [-0.25, -0.2) is 0 Å². The molecule has 0 bridgehead atoms. The van der Waals surface area contributed by atoms with E-state index < -0.39 is 5.60 Å². The maximum absolute atomic E-state index is 10.8. The summed E-state index contributed by atoms with van der Waals surface area (Å²) in [4.78, 5) is 10.8. The van der Waals surface area contributed by atoms with Crippen LogP contribution in [0.2, 0.25) is 0 Å². The molecule has 0 spiro atoms. The highest BCUT2D eigenvalue weighted by atomic mass is 35.5. The first kappa shape index (κ1) is 11.6. The van der Waals surface area contributed by atoms with Gasteiger partial charge in [-0.05, 0) is 5.56 Å². The van der Waals surface area contributed by atoms with E-state index in [0.717, 1.165) is 0 Å². The fourth-order valence-corrected chi connectivity index (χ4v) is 1.74. The van der Waals surface area contributed by atoms with Crippen molar-refractivity contribution in [3.8, 4) is 0 Å². The summed E-state index contributed by atoms with van der Waals surface area (Å²) < 4.78 is 0. The second kappa shape index (κ2) is 4.82. The number of aliphatic hydroxyl groups is 1. The van der Waals surface area contributed by atoms with Gasteiger partial charge in [-0.15, -0.1) is 24.2 Å². The van der Waals surface area contributed by atoms with Gasteiger partial charge >= 0.3 is 0 Å². The number of benzene rings is 1. The van der Waals surface area contributed by atoms with Gasteiger partial charge in [0, 0.05) is 0 Å². The lowest BCUT2D eigenvalue weighted by Crippen LogP contribution is -2.29. The lowest BCUT2D eigenvalue weighted by molar-refractivity contribution is -0.115. The molecule has 76 valence electrons. The van der Waals surface area contributed by atoms with Gasteiger partial charge in [0.15, 0.2) is 5.12 Å². The maximum atomic E-state index is 10.8. The molecule has 4 heteroatoms. The van der Waals surface area contributed by atoms with Crippen molar-refractivity contribution in [1.82, 2.24) is 0 Å². The summed E-state index contributed by atoms with van der Waals surface area (Å²) in [5.74, 6) is -0.0245. The molecule has 0 amide bonds. The second-order valence-corrected chi connectivity index (χ2v) is 3.87. The van der Waals surface area contributed by atoms with Gasteiger partial charge in [-0.2, -0.15) is 0 Å². The van der Waals surface area contributed by atoms with Crippen LogP contribution in [0.1, 0.15) is 12.0 Å². The number of carbonyl (C=O) groups excluding carboxylic acids is 1. The van der Waals surface area contributed by atoms with E-state index >= 15 is 0 Å². The van der Waals surface area contributed by atoms with E-state index in [2.05, 4.69) is 12.6 Å². The molecule has 1 N–H and O–H groups in total. The van der Waals surface area contributed by atoms with E-state index in [1.807, 2.05) is 6.07 Å². The van der Waals surface area contributed by atoms with Gasteiger partial charge in [0.1, 0.15) is 5.60 Å². The molecule has 0 aromatic heterocycles. The molecule has 0 saturated carbocycles. The Hall–Kier alpha value is -0.510. The number of hydrogen-bond donors (Lipinski definition) is 2. The van der Waals surface area contributed by atoms with Crippen LogP contribution in [-0.4, -0.2) is 16.1 Å². The molecule has 1 rings (SSSR count). The fraction of sp³-hybridized carbons (Fsp3) is 0.300. The minimum Gasteiger partial charge on any atom is -0.383 e. The fourth-order valence-electron chi connectivity index (χ4n) is 1.23. The first-order valence-electron chi connectivity index (χ1n) is 4.14. The zero-order chi connectivity index (χ0) is 10.6. The maximum Gasteiger partial charge on any atom is 0.189 e. The van der Waals surface area contributed by atoms with Crippen molar-refractivity contribution in [2.45, 2.75) is 12.0 Å². The van der Waals surface area contributed by atoms with Gasteiger partial charge in [-0.3, -0.25) is 4.79 Å². The molecular formula is C10H11ClO2S. The van der Waals surface area contributed by atoms with Crippen LogP contribution >= 0.6 is 24.2 Å². The van der Waals surface area contributed by atoms with Crippen molar-refractivity contribution < 1.29 is 9.90 Å². The van der Waals surface area contributed by atoms with Gasteiger partial charge in [0.05, 0.1) is 12.3 Å². The van der Waals surface area contributed by atoms with Gasteiger partial charge in [-0.1, -0.05) is 30.3 Å². The third-order valence-electron chi connectivity index (χ3n) is 1.98. The van der Waals surface area contributed by atoms with Crippen LogP contribution < -0.4 is 0 Å². The molecule has 0 radical (unpaired) electrons. The molecule has 14 heavy (non-hydrogen) atoms. The Labute approximate surface area is 93.3 Å². The molecular weight excluding hydrogens is 220 g/mol. The third kappa shape index (κ3) is 2.74. The number of halogens is 1. The summed E-state index contributed by atoms with van der Waals surface area (Å²) in [6.07, 6.45) is -0.0797. The van der Waals surface area contributed by atoms with Crippen molar-refractivity contribution >= 4 is 29.3 Å². The van der Waals surface area contributed by atoms with E-state index in [0.29, 0.717) is 5.56 Å². The third-order valence-corrected chi connectivity index (χ3v) is 2.58. The Bertz CT molecular complexity index is 315. The Morgan fingerprint density at radius 3 is 2.43 bits per heavy atom. The molecule has 0 fully saturated rings. The van der Waals surface area contributed by atoms with Crippen LogP contribution in [0.5, 0.6) is 0 Å². The van der Waals surface area contributed by atoms with Crippen LogP contribution in [0.4, 0.5) is 0 Å². The molecule has 1 unspecified atom stereocenters. The zero-order valence-electron chi connectivity index (χ0n) is 7.48. The van der Waals surface area contributed by atoms with Crippen LogP contribution in [0.25, 0.3) is 0 Å². The first-order chi connectivity index (χ1) is 6.58. The molecule has 1 aromatic rings. The molecule has 0 aliphatic carbocycles. The van der Waals surface area contributed by atoms with Gasteiger partial charge in [0.2, 0.25) is 0 Å². The number of carbonyl (C=O) groups is 1. The molecule has 0 aliphatic heterocycles. The van der Waals surface area contributed by atoms with Crippen LogP contribution in [-0.2, 0) is 10.4 Å².